The summed E-state index contributed by atoms with van der Waals surface area (Å²) in [5, 5.41) is 19.7. The molecule has 1 saturated carbocycles. The number of aromatic amines is 1. The summed E-state index contributed by atoms with van der Waals surface area (Å²) in [5.41, 5.74) is -1.34. The molecule has 4 atom stereocenters. The molecule has 10 heteroatoms. The molecule has 0 aromatic carbocycles. The van der Waals surface area contributed by atoms with Crippen molar-refractivity contribution >= 4 is 7.60 Å². The molecule has 1 aliphatic carbocycles. The van der Waals surface area contributed by atoms with Crippen LogP contribution >= 0.6 is 7.60 Å². The van der Waals surface area contributed by atoms with Gasteiger partial charge in [0.1, 0.15) is 6.10 Å². The Bertz CT molecular complexity index is 647. The Morgan fingerprint density at radius 3 is 2.50 bits per heavy atom. The summed E-state index contributed by atoms with van der Waals surface area (Å²) in [7, 11) is -4.33. The molecule has 1 fully saturated rings. The Hall–Kier alpha value is -1.25. The van der Waals surface area contributed by atoms with Crippen molar-refractivity contribution in [2.75, 3.05) is 6.16 Å². The minimum atomic E-state index is -4.33. The Morgan fingerprint density at radius 2 is 1.95 bits per heavy atom. The molecular formula is C10H15N2O7P. The van der Waals surface area contributed by atoms with Gasteiger partial charge in [-0.2, -0.15) is 0 Å². The van der Waals surface area contributed by atoms with Gasteiger partial charge >= 0.3 is 13.3 Å². The number of hydrogen-bond donors (Lipinski definition) is 5. The lowest BCUT2D eigenvalue weighted by Crippen LogP contribution is -2.37. The molecule has 112 valence electrons. The van der Waals surface area contributed by atoms with Crippen molar-refractivity contribution in [3.63, 3.8) is 0 Å². The molecule has 0 spiro atoms. The largest absolute Gasteiger partial charge is 0.390 e. The average Bonchev–Trinajstić information content (AvgIpc) is 2.56. The van der Waals surface area contributed by atoms with Gasteiger partial charge in [-0.25, -0.2) is 4.79 Å². The number of nitrogens with one attached hydrogen (secondary N) is 1. The first kappa shape index (κ1) is 15.1. The van der Waals surface area contributed by atoms with Crippen LogP contribution < -0.4 is 11.2 Å². The summed E-state index contributed by atoms with van der Waals surface area (Å²) in [6.07, 6.45) is -2.04. The smallest absolute Gasteiger partial charge is 0.328 e. The fourth-order valence-corrected chi connectivity index (χ4v) is 3.53. The van der Waals surface area contributed by atoms with Gasteiger partial charge in [0.15, 0.2) is 0 Å². The maximum atomic E-state index is 11.6. The van der Waals surface area contributed by atoms with E-state index in [-0.39, 0.29) is 6.42 Å². The molecule has 20 heavy (non-hydrogen) atoms. The van der Waals surface area contributed by atoms with Crippen molar-refractivity contribution in [3.05, 3.63) is 33.1 Å². The van der Waals surface area contributed by atoms with Crippen LogP contribution in [0.2, 0.25) is 0 Å². The van der Waals surface area contributed by atoms with Crippen molar-refractivity contribution in [1.82, 2.24) is 9.55 Å². The van der Waals surface area contributed by atoms with Crippen LogP contribution in [0.4, 0.5) is 0 Å². The molecule has 0 radical (unpaired) electrons. The minimum absolute atomic E-state index is 0.0272. The van der Waals surface area contributed by atoms with E-state index in [4.69, 9.17) is 9.79 Å². The van der Waals surface area contributed by atoms with Crippen LogP contribution in [-0.2, 0) is 4.57 Å². The van der Waals surface area contributed by atoms with E-state index in [9.17, 15) is 24.4 Å². The first-order valence-electron chi connectivity index (χ1n) is 5.91. The fraction of sp³-hybridized carbons (Fsp3) is 0.600. The number of nitrogens with zero attached hydrogens (tertiary/aromatic N) is 1. The van der Waals surface area contributed by atoms with Crippen LogP contribution in [0.5, 0.6) is 0 Å². The van der Waals surface area contributed by atoms with E-state index < -0.39 is 49.2 Å². The van der Waals surface area contributed by atoms with E-state index in [1.54, 1.807) is 0 Å². The Labute approximate surface area is 112 Å². The van der Waals surface area contributed by atoms with Crippen LogP contribution in [0.15, 0.2) is 21.9 Å². The second-order valence-corrected chi connectivity index (χ2v) is 6.60. The van der Waals surface area contributed by atoms with Crippen LogP contribution in [-0.4, -0.2) is 47.9 Å². The van der Waals surface area contributed by atoms with Crippen LogP contribution in [0.3, 0.4) is 0 Å². The quantitative estimate of drug-likeness (QED) is 0.405. The van der Waals surface area contributed by atoms with Gasteiger partial charge in [0.05, 0.1) is 18.3 Å². The Balaban J connectivity index is 2.28. The van der Waals surface area contributed by atoms with Gasteiger partial charge in [-0.3, -0.25) is 18.9 Å². The number of aliphatic hydroxyl groups is 2. The first-order chi connectivity index (χ1) is 9.19. The van der Waals surface area contributed by atoms with E-state index >= 15 is 0 Å². The molecule has 0 unspecified atom stereocenters. The molecule has 9 nitrogen and oxygen atoms in total. The van der Waals surface area contributed by atoms with Gasteiger partial charge in [0.2, 0.25) is 0 Å². The lowest BCUT2D eigenvalue weighted by molar-refractivity contribution is 0.00833. The highest BCUT2D eigenvalue weighted by molar-refractivity contribution is 7.51. The third-order valence-corrected chi connectivity index (χ3v) is 4.40. The van der Waals surface area contributed by atoms with E-state index in [1.165, 1.54) is 6.20 Å². The summed E-state index contributed by atoms with van der Waals surface area (Å²) in [4.78, 5) is 42.5. The lowest BCUT2D eigenvalue weighted by atomic mass is 10.1. The van der Waals surface area contributed by atoms with Crippen molar-refractivity contribution in [1.29, 1.82) is 0 Å². The summed E-state index contributed by atoms with van der Waals surface area (Å²) >= 11 is 0. The topological polar surface area (TPSA) is 153 Å². The molecular weight excluding hydrogens is 291 g/mol. The number of aromatic nitrogens is 2. The fourth-order valence-electron chi connectivity index (χ4n) is 2.55. The van der Waals surface area contributed by atoms with Crippen molar-refractivity contribution in [2.45, 2.75) is 24.7 Å². The first-order valence-corrected chi connectivity index (χ1v) is 7.71. The molecule has 0 bridgehead atoms. The van der Waals surface area contributed by atoms with Crippen LogP contribution in [0.25, 0.3) is 0 Å². The highest BCUT2D eigenvalue weighted by atomic mass is 31.2. The van der Waals surface area contributed by atoms with E-state index in [0.717, 1.165) is 10.6 Å². The van der Waals surface area contributed by atoms with Gasteiger partial charge in [0.25, 0.3) is 5.56 Å². The van der Waals surface area contributed by atoms with Gasteiger partial charge in [-0.15, -0.1) is 0 Å². The SMILES string of the molecule is O=c1ccn([C@@H]2C[C@H](CP(=O)(O)O)[C@@H](O)[C@H]2O)c(=O)[nH]1. The average molecular weight is 306 g/mol. The molecule has 2 rings (SSSR count). The second-order valence-electron chi connectivity index (χ2n) is 4.91. The number of rotatable bonds is 3. The van der Waals surface area contributed by atoms with Gasteiger partial charge in [-0.1, -0.05) is 0 Å². The third-order valence-electron chi connectivity index (χ3n) is 3.45. The Kier molecular flexibility index (Phi) is 3.99. The predicted octanol–water partition coefficient (Wildman–Crippen LogP) is -2.00. The molecule has 1 heterocycles. The molecule has 0 aliphatic heterocycles. The van der Waals surface area contributed by atoms with E-state index in [0.29, 0.717) is 0 Å². The maximum absolute atomic E-state index is 11.6. The molecule has 1 aromatic rings. The van der Waals surface area contributed by atoms with Gasteiger partial charge in [0, 0.05) is 18.2 Å². The summed E-state index contributed by atoms with van der Waals surface area (Å²) in [6, 6.07) is 0.252. The van der Waals surface area contributed by atoms with Crippen molar-refractivity contribution in [2.24, 2.45) is 5.92 Å². The monoisotopic (exact) mass is 306 g/mol. The predicted molar refractivity (Wildman–Crippen MR) is 67.4 cm³/mol. The van der Waals surface area contributed by atoms with Crippen molar-refractivity contribution < 1.29 is 24.6 Å². The van der Waals surface area contributed by atoms with E-state index in [1.807, 2.05) is 4.98 Å². The third kappa shape index (κ3) is 3.08. The maximum Gasteiger partial charge on any atom is 0.328 e. The number of aliphatic hydroxyl groups excluding tert-OH is 2. The summed E-state index contributed by atoms with van der Waals surface area (Å²) < 4.78 is 12.0. The molecule has 5 N–H and O–H groups in total. The summed E-state index contributed by atoms with van der Waals surface area (Å²) in [5.74, 6) is -0.824. The molecule has 1 aromatic heterocycles. The van der Waals surface area contributed by atoms with Gasteiger partial charge in [-0.05, 0) is 6.42 Å². The number of hydrogen-bond acceptors (Lipinski definition) is 5. The zero-order chi connectivity index (χ0) is 15.1. The molecule has 0 amide bonds. The molecule has 1 aliphatic rings. The molecule has 0 saturated heterocycles. The van der Waals surface area contributed by atoms with E-state index in [2.05, 4.69) is 0 Å². The lowest BCUT2D eigenvalue weighted by Gasteiger charge is -2.18. The highest BCUT2D eigenvalue weighted by Crippen LogP contribution is 2.44. The Morgan fingerprint density at radius 1 is 1.30 bits per heavy atom. The second kappa shape index (κ2) is 5.27. The van der Waals surface area contributed by atoms with Gasteiger partial charge < -0.3 is 20.0 Å². The zero-order valence-corrected chi connectivity index (χ0v) is 11.2. The minimum Gasteiger partial charge on any atom is -0.390 e. The van der Waals surface area contributed by atoms with Crippen molar-refractivity contribution in [3.8, 4) is 0 Å². The number of H-pyrrole nitrogens is 1. The van der Waals surface area contributed by atoms with Crippen LogP contribution in [0, 0.1) is 5.92 Å². The van der Waals surface area contributed by atoms with Crippen LogP contribution in [0.1, 0.15) is 12.5 Å². The normalized spacial score (nSPS) is 30.6. The standard InChI is InChI=1S/C10H15N2O7P/c13-7-1-2-12(10(16)11-7)6-3-5(4-20(17,18)19)8(14)9(6)15/h1-2,5-6,8-9,14-15H,3-4H2,(H,11,13,16)(H2,17,18,19)/t5-,6-,8-,9+/m1/s1. The zero-order valence-electron chi connectivity index (χ0n) is 10.3. The highest BCUT2D eigenvalue weighted by Gasteiger charge is 2.44. The summed E-state index contributed by atoms with van der Waals surface area (Å²) in [6.45, 7) is 0.